The Hall–Kier alpha value is -3.79. The standard InChI is InChI=1S/C16H19N5O10S/c17-9(16(26)27)2-4-13(22)19-10(15(25)18-6-14(23)24)7-32-12-3-1-8(20(28)29)5-11(12)21(30)31/h1,3,5,9-10H,2,4,6-7,17H2,(H,18,25)(H,19,22)(H,23,24)(H,26,27)/q+1/p-2. The molecule has 0 saturated carbocycles. The molecule has 0 saturated heterocycles. The molecule has 2 unspecified atom stereocenters. The summed E-state index contributed by atoms with van der Waals surface area (Å²) in [6.07, 6.45) is -0.704. The van der Waals surface area contributed by atoms with E-state index in [2.05, 4.69) is 5.32 Å². The fourth-order valence-corrected chi connectivity index (χ4v) is 3.22. The minimum absolute atomic E-state index is 0.0495. The van der Waals surface area contributed by atoms with Crippen LogP contribution in [0.3, 0.4) is 0 Å². The summed E-state index contributed by atoms with van der Waals surface area (Å²) in [5.74, 6) is -5.27. The first-order chi connectivity index (χ1) is 14.9. The highest BCUT2D eigenvalue weighted by atomic mass is 32.2. The predicted molar refractivity (Wildman–Crippen MR) is 100 cm³/mol. The first-order valence-corrected chi connectivity index (χ1v) is 9.70. The number of nitrogens with zero attached hydrogens (tertiary/aromatic N) is 2. The maximum atomic E-state index is 12.2. The van der Waals surface area contributed by atoms with E-state index in [9.17, 15) is 49.6 Å². The zero-order valence-corrected chi connectivity index (χ0v) is 17.0. The van der Waals surface area contributed by atoms with Gasteiger partial charge in [-0.05, 0) is 6.07 Å². The van der Waals surface area contributed by atoms with Gasteiger partial charge in [-0.3, -0.25) is 29.8 Å². The highest BCUT2D eigenvalue weighted by molar-refractivity contribution is 7.99. The summed E-state index contributed by atoms with van der Waals surface area (Å²) in [6.45, 7) is -0.872. The quantitative estimate of drug-likeness (QED) is 0.141. The number of nitro groups is 2. The van der Waals surface area contributed by atoms with Crippen molar-refractivity contribution in [1.29, 1.82) is 0 Å². The molecule has 0 heterocycles. The SMILES string of the molecule is [NH2+]C(CCC(=O)NC(CSc1ccc([N+](=O)[O-])cc1[N+](=O)[O-])C(=O)NCC(=O)[O-])C(=O)[O-]. The van der Waals surface area contributed by atoms with Crippen molar-refractivity contribution < 1.29 is 45.0 Å². The number of carbonyl (C=O) groups excluding carboxylic acids is 4. The molecule has 0 spiro atoms. The van der Waals surface area contributed by atoms with Crippen molar-refractivity contribution in [2.45, 2.75) is 29.8 Å². The van der Waals surface area contributed by atoms with Gasteiger partial charge < -0.3 is 30.4 Å². The molecular weight excluding hydrogens is 454 g/mol. The third-order valence-electron chi connectivity index (χ3n) is 3.80. The molecule has 2 atom stereocenters. The Morgan fingerprint density at radius 1 is 1.09 bits per heavy atom. The van der Waals surface area contributed by atoms with E-state index < -0.39 is 70.0 Å². The number of hydrogen-bond donors (Lipinski definition) is 3. The number of nitrogens with two attached hydrogens (primary N) is 1. The molecule has 0 fully saturated rings. The fraction of sp³-hybridized carbons (Fsp3) is 0.375. The molecule has 0 aliphatic heterocycles. The van der Waals surface area contributed by atoms with E-state index in [0.29, 0.717) is 11.8 Å². The summed E-state index contributed by atoms with van der Waals surface area (Å²) >= 11 is 0.706. The first kappa shape index (κ1) is 26.2. The number of aliphatic carboxylic acids is 2. The lowest BCUT2D eigenvalue weighted by atomic mass is 10.1. The molecule has 15 nitrogen and oxygen atoms in total. The van der Waals surface area contributed by atoms with Crippen LogP contribution >= 0.6 is 11.8 Å². The van der Waals surface area contributed by atoms with Crippen molar-refractivity contribution in [3.05, 3.63) is 38.4 Å². The van der Waals surface area contributed by atoms with Crippen LogP contribution in [0.2, 0.25) is 0 Å². The zero-order valence-electron chi connectivity index (χ0n) is 16.2. The van der Waals surface area contributed by atoms with Gasteiger partial charge in [-0.15, -0.1) is 11.8 Å². The fourth-order valence-electron chi connectivity index (χ4n) is 2.19. The van der Waals surface area contributed by atoms with E-state index in [1.807, 2.05) is 5.32 Å². The van der Waals surface area contributed by atoms with Crippen molar-refractivity contribution in [3.8, 4) is 0 Å². The van der Waals surface area contributed by atoms with Crippen LogP contribution in [0.1, 0.15) is 12.8 Å². The molecule has 0 aliphatic carbocycles. The van der Waals surface area contributed by atoms with Crippen LogP contribution in [0.25, 0.3) is 0 Å². The lowest BCUT2D eigenvalue weighted by Gasteiger charge is -2.19. The van der Waals surface area contributed by atoms with Gasteiger partial charge in [0, 0.05) is 24.7 Å². The molecular formula is C16H17N5O10S-. The van der Waals surface area contributed by atoms with Gasteiger partial charge in [-0.25, -0.2) is 0 Å². The predicted octanol–water partition coefficient (Wildman–Crippen LogP) is -4.13. The number of non-ortho nitro benzene ring substituents is 1. The Morgan fingerprint density at radius 2 is 1.75 bits per heavy atom. The maximum Gasteiger partial charge on any atom is 0.289 e. The summed E-state index contributed by atoms with van der Waals surface area (Å²) < 4.78 is 0. The van der Waals surface area contributed by atoms with E-state index in [0.717, 1.165) is 18.2 Å². The van der Waals surface area contributed by atoms with Gasteiger partial charge in [0.1, 0.15) is 12.0 Å². The van der Waals surface area contributed by atoms with Crippen LogP contribution < -0.4 is 26.6 Å². The number of carbonyl (C=O) groups is 4. The molecule has 0 aromatic heterocycles. The molecule has 0 aliphatic rings. The zero-order chi connectivity index (χ0) is 24.4. The molecule has 16 heteroatoms. The highest BCUT2D eigenvalue weighted by Gasteiger charge is 2.25. The van der Waals surface area contributed by atoms with Crippen molar-refractivity contribution in [3.63, 3.8) is 0 Å². The van der Waals surface area contributed by atoms with Crippen molar-refractivity contribution in [2.24, 2.45) is 0 Å². The molecule has 173 valence electrons. The van der Waals surface area contributed by atoms with Gasteiger partial charge in [-0.1, -0.05) is 0 Å². The largest absolute Gasteiger partial charge is 0.548 e. The lowest BCUT2D eigenvalue weighted by molar-refractivity contribution is -0.438. The Balaban J connectivity index is 2.96. The molecule has 1 rings (SSSR count). The van der Waals surface area contributed by atoms with Gasteiger partial charge in [0.05, 0.1) is 33.3 Å². The second-order valence-electron chi connectivity index (χ2n) is 6.15. The topological polar surface area (TPSA) is 250 Å². The monoisotopic (exact) mass is 471 g/mol. The molecule has 1 radical (unpaired) electrons. The number of amides is 2. The molecule has 0 bridgehead atoms. The van der Waals surface area contributed by atoms with Gasteiger partial charge in [0.25, 0.3) is 11.4 Å². The molecule has 32 heavy (non-hydrogen) atoms. The van der Waals surface area contributed by atoms with E-state index in [1.54, 1.807) is 0 Å². The number of thioether (sulfide) groups is 1. The minimum atomic E-state index is -1.61. The van der Waals surface area contributed by atoms with Crippen LogP contribution in [0.4, 0.5) is 11.4 Å². The second kappa shape index (κ2) is 12.2. The number of nitro benzene ring substituents is 2. The lowest BCUT2D eigenvalue weighted by Crippen LogP contribution is -2.68. The van der Waals surface area contributed by atoms with E-state index >= 15 is 0 Å². The van der Waals surface area contributed by atoms with Gasteiger partial charge in [0.2, 0.25) is 11.8 Å². The van der Waals surface area contributed by atoms with E-state index in [4.69, 9.17) is 5.73 Å². The number of carboxylic acids is 2. The number of benzene rings is 1. The minimum Gasteiger partial charge on any atom is -0.548 e. The van der Waals surface area contributed by atoms with E-state index in [-0.39, 0.29) is 17.1 Å². The Labute approximate surface area is 183 Å². The molecule has 2 amide bonds. The van der Waals surface area contributed by atoms with Gasteiger partial charge in [0.15, 0.2) is 6.04 Å². The maximum absolute atomic E-state index is 12.2. The Bertz CT molecular complexity index is 924. The number of carboxylic acid groups (broad SMARTS) is 2. The number of rotatable bonds is 13. The first-order valence-electron chi connectivity index (χ1n) is 8.71. The van der Waals surface area contributed by atoms with Crippen LogP contribution in [0.15, 0.2) is 23.1 Å². The highest BCUT2D eigenvalue weighted by Crippen LogP contribution is 2.32. The Kier molecular flexibility index (Phi) is 9.97. The van der Waals surface area contributed by atoms with Gasteiger partial charge >= 0.3 is 0 Å². The van der Waals surface area contributed by atoms with Crippen molar-refractivity contribution in [1.82, 2.24) is 10.6 Å². The Morgan fingerprint density at radius 3 is 2.28 bits per heavy atom. The van der Waals surface area contributed by atoms with Crippen LogP contribution in [-0.2, 0) is 19.2 Å². The van der Waals surface area contributed by atoms with Crippen LogP contribution in [0.5, 0.6) is 0 Å². The van der Waals surface area contributed by atoms with Crippen LogP contribution in [-0.4, -0.2) is 58.0 Å². The summed E-state index contributed by atoms with van der Waals surface area (Å²) in [6, 6.07) is 0.0232. The second-order valence-corrected chi connectivity index (χ2v) is 7.21. The number of nitrogens with one attached hydrogen (secondary N) is 2. The third-order valence-corrected chi connectivity index (χ3v) is 4.96. The third kappa shape index (κ3) is 8.52. The van der Waals surface area contributed by atoms with Crippen molar-refractivity contribution >= 4 is 46.9 Å². The molecule has 1 aromatic carbocycles. The average Bonchev–Trinajstić information content (AvgIpc) is 2.72. The molecule has 4 N–H and O–H groups in total. The summed E-state index contributed by atoms with van der Waals surface area (Å²) in [5.41, 5.74) is 4.11. The summed E-state index contributed by atoms with van der Waals surface area (Å²) in [5, 5.41) is 47.4. The number of hydrogen-bond acceptors (Lipinski definition) is 12. The van der Waals surface area contributed by atoms with Crippen molar-refractivity contribution in [2.75, 3.05) is 12.3 Å². The summed E-state index contributed by atoms with van der Waals surface area (Å²) in [7, 11) is 0. The molecule has 1 aromatic rings. The smallest absolute Gasteiger partial charge is 0.289 e. The van der Waals surface area contributed by atoms with E-state index in [1.165, 1.54) is 0 Å². The summed E-state index contributed by atoms with van der Waals surface area (Å²) in [4.78, 5) is 65.7. The normalized spacial score (nSPS) is 12.3. The van der Waals surface area contributed by atoms with Gasteiger partial charge in [-0.2, -0.15) is 5.73 Å². The van der Waals surface area contributed by atoms with Crippen LogP contribution in [0, 0.1) is 20.2 Å². The average molecular weight is 471 g/mol.